The van der Waals surface area contributed by atoms with Crippen LogP contribution in [0.3, 0.4) is 0 Å². The molecule has 0 spiro atoms. The van der Waals surface area contributed by atoms with Crippen LogP contribution in [0.4, 0.5) is 0 Å². The second kappa shape index (κ2) is 10.0. The topological polar surface area (TPSA) is 50.4 Å². The van der Waals surface area contributed by atoms with Gasteiger partial charge >= 0.3 is 0 Å². The van der Waals surface area contributed by atoms with Gasteiger partial charge in [-0.1, -0.05) is 32.9 Å². The number of ether oxygens (including phenoxy) is 1. The van der Waals surface area contributed by atoms with Gasteiger partial charge in [-0.15, -0.1) is 12.4 Å². The number of benzene rings is 1. The third-order valence-electron chi connectivity index (χ3n) is 4.57. The van der Waals surface area contributed by atoms with Crippen molar-refractivity contribution in [3.63, 3.8) is 0 Å². The highest BCUT2D eigenvalue weighted by molar-refractivity contribution is 5.85. The molecule has 0 radical (unpaired) electrons. The predicted molar refractivity (Wildman–Crippen MR) is 106 cm³/mol. The molecular formula is C20H33ClN2O2. The smallest absolute Gasteiger partial charge is 0.220 e. The van der Waals surface area contributed by atoms with Gasteiger partial charge in [0.1, 0.15) is 12.4 Å². The van der Waals surface area contributed by atoms with Crippen LogP contribution >= 0.6 is 12.4 Å². The number of halogens is 1. The van der Waals surface area contributed by atoms with E-state index in [-0.39, 0.29) is 29.8 Å². The summed E-state index contributed by atoms with van der Waals surface area (Å²) in [5, 5.41) is 6.36. The number of rotatable bonds is 7. The van der Waals surface area contributed by atoms with Gasteiger partial charge < -0.3 is 15.4 Å². The second-order valence-corrected chi connectivity index (χ2v) is 7.95. The largest absolute Gasteiger partial charge is 0.491 e. The van der Waals surface area contributed by atoms with Crippen molar-refractivity contribution in [2.75, 3.05) is 19.7 Å². The van der Waals surface area contributed by atoms with Gasteiger partial charge in [-0.2, -0.15) is 0 Å². The first-order chi connectivity index (χ1) is 11.3. The number of carbonyl (C=O) groups is 1. The van der Waals surface area contributed by atoms with E-state index in [1.54, 1.807) is 0 Å². The van der Waals surface area contributed by atoms with Crippen molar-refractivity contribution in [3.05, 3.63) is 29.8 Å². The molecule has 5 heteroatoms. The SMILES string of the molecule is CC(COc1ccc(C(C)(C)C)cc1)NC(=O)CCC1CCNC1.Cl. The van der Waals surface area contributed by atoms with Crippen molar-refractivity contribution in [3.8, 4) is 5.75 Å². The van der Waals surface area contributed by atoms with Crippen molar-refractivity contribution in [2.45, 2.75) is 58.4 Å². The Kier molecular flexibility index (Phi) is 8.74. The predicted octanol–water partition coefficient (Wildman–Crippen LogP) is 3.68. The van der Waals surface area contributed by atoms with E-state index in [0.29, 0.717) is 18.9 Å². The molecule has 1 heterocycles. The van der Waals surface area contributed by atoms with E-state index in [2.05, 4.69) is 43.5 Å². The van der Waals surface area contributed by atoms with Crippen LogP contribution in [0, 0.1) is 5.92 Å². The first kappa shape index (κ1) is 21.8. The molecule has 2 unspecified atom stereocenters. The van der Waals surface area contributed by atoms with Gasteiger partial charge in [0.05, 0.1) is 6.04 Å². The normalized spacial score (nSPS) is 18.3. The number of hydrogen-bond acceptors (Lipinski definition) is 3. The maximum atomic E-state index is 12.0. The fourth-order valence-electron chi connectivity index (χ4n) is 2.96. The highest BCUT2D eigenvalue weighted by Crippen LogP contribution is 2.24. The molecule has 0 aromatic heterocycles. The molecule has 1 aromatic rings. The number of carbonyl (C=O) groups excluding carboxylic acids is 1. The van der Waals surface area contributed by atoms with Crippen LogP contribution in [0.1, 0.15) is 52.5 Å². The van der Waals surface area contributed by atoms with Crippen LogP contribution in [-0.2, 0) is 10.2 Å². The summed E-state index contributed by atoms with van der Waals surface area (Å²) in [6, 6.07) is 8.23. The Hall–Kier alpha value is -1.26. The van der Waals surface area contributed by atoms with E-state index >= 15 is 0 Å². The van der Waals surface area contributed by atoms with Crippen molar-refractivity contribution in [1.82, 2.24) is 10.6 Å². The summed E-state index contributed by atoms with van der Waals surface area (Å²) in [5.74, 6) is 1.63. The van der Waals surface area contributed by atoms with Gasteiger partial charge in [0, 0.05) is 6.42 Å². The minimum Gasteiger partial charge on any atom is -0.491 e. The van der Waals surface area contributed by atoms with Gasteiger partial charge in [0.15, 0.2) is 0 Å². The lowest BCUT2D eigenvalue weighted by Crippen LogP contribution is -2.36. The minimum absolute atomic E-state index is 0. The molecule has 1 aromatic carbocycles. The fraction of sp³-hybridized carbons (Fsp3) is 0.650. The first-order valence-electron chi connectivity index (χ1n) is 9.08. The van der Waals surface area contributed by atoms with Crippen molar-refractivity contribution in [2.24, 2.45) is 5.92 Å². The summed E-state index contributed by atoms with van der Waals surface area (Å²) in [5.41, 5.74) is 1.44. The monoisotopic (exact) mass is 368 g/mol. The Morgan fingerprint density at radius 1 is 1.32 bits per heavy atom. The van der Waals surface area contributed by atoms with Gasteiger partial charge in [0.25, 0.3) is 0 Å². The molecule has 2 atom stereocenters. The fourth-order valence-corrected chi connectivity index (χ4v) is 2.96. The quantitative estimate of drug-likeness (QED) is 0.771. The van der Waals surface area contributed by atoms with Crippen LogP contribution in [-0.4, -0.2) is 31.6 Å². The molecule has 1 saturated heterocycles. The zero-order chi connectivity index (χ0) is 17.6. The molecule has 1 amide bonds. The molecule has 1 aliphatic heterocycles. The van der Waals surface area contributed by atoms with Crippen LogP contribution < -0.4 is 15.4 Å². The Labute approximate surface area is 158 Å². The summed E-state index contributed by atoms with van der Waals surface area (Å²) in [4.78, 5) is 12.0. The highest BCUT2D eigenvalue weighted by atomic mass is 35.5. The highest BCUT2D eigenvalue weighted by Gasteiger charge is 2.17. The Bertz CT molecular complexity index is 519. The number of nitrogens with one attached hydrogen (secondary N) is 2. The van der Waals surface area contributed by atoms with E-state index in [9.17, 15) is 4.79 Å². The van der Waals surface area contributed by atoms with Crippen molar-refractivity contribution in [1.29, 1.82) is 0 Å². The average Bonchev–Trinajstić information content (AvgIpc) is 3.04. The van der Waals surface area contributed by atoms with Crippen LogP contribution in [0.25, 0.3) is 0 Å². The van der Waals surface area contributed by atoms with Gasteiger partial charge in [-0.25, -0.2) is 0 Å². The summed E-state index contributed by atoms with van der Waals surface area (Å²) in [7, 11) is 0. The molecular weight excluding hydrogens is 336 g/mol. The van der Waals surface area contributed by atoms with E-state index in [1.807, 2.05) is 19.1 Å². The lowest BCUT2D eigenvalue weighted by molar-refractivity contribution is -0.122. The molecule has 25 heavy (non-hydrogen) atoms. The molecule has 1 aliphatic rings. The molecule has 1 fully saturated rings. The second-order valence-electron chi connectivity index (χ2n) is 7.95. The molecule has 142 valence electrons. The van der Waals surface area contributed by atoms with Gasteiger partial charge in [-0.3, -0.25) is 4.79 Å². The third-order valence-corrected chi connectivity index (χ3v) is 4.57. The van der Waals surface area contributed by atoms with Crippen molar-refractivity contribution < 1.29 is 9.53 Å². The van der Waals surface area contributed by atoms with Gasteiger partial charge in [-0.05, 0) is 61.9 Å². The maximum Gasteiger partial charge on any atom is 0.220 e. The van der Waals surface area contributed by atoms with Gasteiger partial charge in [0.2, 0.25) is 5.91 Å². The van der Waals surface area contributed by atoms with Crippen LogP contribution in [0.2, 0.25) is 0 Å². The van der Waals surface area contributed by atoms with Crippen LogP contribution in [0.15, 0.2) is 24.3 Å². The van der Waals surface area contributed by atoms with E-state index in [1.165, 1.54) is 12.0 Å². The number of hydrogen-bond donors (Lipinski definition) is 2. The standard InChI is InChI=1S/C20H32N2O2.ClH/c1-15(22-19(23)10-5-16-11-12-21-13-16)14-24-18-8-6-17(7-9-18)20(2,3)4;/h6-9,15-16,21H,5,10-14H2,1-4H3,(H,22,23);1H. The molecule has 0 aliphatic carbocycles. The Morgan fingerprint density at radius 2 is 2.00 bits per heavy atom. The molecule has 0 saturated carbocycles. The average molecular weight is 369 g/mol. The van der Waals surface area contributed by atoms with E-state index < -0.39 is 0 Å². The summed E-state index contributed by atoms with van der Waals surface area (Å²) < 4.78 is 5.79. The molecule has 2 rings (SSSR count). The lowest BCUT2D eigenvalue weighted by atomic mass is 9.87. The third kappa shape index (κ3) is 7.66. The zero-order valence-electron chi connectivity index (χ0n) is 15.9. The summed E-state index contributed by atoms with van der Waals surface area (Å²) >= 11 is 0. The summed E-state index contributed by atoms with van der Waals surface area (Å²) in [6.45, 7) is 11.2. The minimum atomic E-state index is 0. The molecule has 2 N–H and O–H groups in total. The first-order valence-corrected chi connectivity index (χ1v) is 9.08. The molecule has 4 nitrogen and oxygen atoms in total. The zero-order valence-corrected chi connectivity index (χ0v) is 16.7. The lowest BCUT2D eigenvalue weighted by Gasteiger charge is -2.20. The Morgan fingerprint density at radius 3 is 2.56 bits per heavy atom. The Balaban J connectivity index is 0.00000312. The maximum absolute atomic E-state index is 12.0. The number of amides is 1. The van der Waals surface area contributed by atoms with E-state index in [4.69, 9.17) is 4.74 Å². The summed E-state index contributed by atoms with van der Waals surface area (Å²) in [6.07, 6.45) is 2.77. The molecule has 0 bridgehead atoms. The van der Waals surface area contributed by atoms with Crippen LogP contribution in [0.5, 0.6) is 5.75 Å². The van der Waals surface area contributed by atoms with Crippen molar-refractivity contribution >= 4 is 18.3 Å². The van der Waals surface area contributed by atoms with E-state index in [0.717, 1.165) is 25.3 Å².